The first-order chi connectivity index (χ1) is 9.31. The van der Waals surface area contributed by atoms with Crippen molar-refractivity contribution in [1.82, 2.24) is 4.72 Å². The number of nitrogens with two attached hydrogens (primary N) is 1. The number of sulfonamides is 1. The van der Waals surface area contributed by atoms with Crippen LogP contribution in [0.2, 0.25) is 0 Å². The van der Waals surface area contributed by atoms with Crippen LogP contribution in [0.1, 0.15) is 6.92 Å². The van der Waals surface area contributed by atoms with E-state index in [2.05, 4.69) is 10.1 Å². The Morgan fingerprint density at radius 2 is 2.15 bits per heavy atom. The monoisotopic (exact) mass is 304 g/mol. The van der Waals surface area contributed by atoms with E-state index in [0.29, 0.717) is 0 Å². The average molecular weight is 304 g/mol. The molecule has 0 radical (unpaired) electrons. The van der Waals surface area contributed by atoms with E-state index in [9.17, 15) is 18.5 Å². The Bertz CT molecular complexity index is 589. The third kappa shape index (κ3) is 3.87. The van der Waals surface area contributed by atoms with Crippen LogP contribution in [-0.4, -0.2) is 33.1 Å². The van der Waals surface area contributed by atoms with Gasteiger partial charge >= 0.3 is 0 Å². The first kappa shape index (κ1) is 16.3. The van der Waals surface area contributed by atoms with Crippen LogP contribution in [0.25, 0.3) is 0 Å². The number of nitrogens with zero attached hydrogens (tertiary/aromatic N) is 1. The number of methoxy groups -OCH3 is 1. The lowest BCUT2D eigenvalue weighted by Gasteiger charge is -2.12. The van der Waals surface area contributed by atoms with E-state index < -0.39 is 14.9 Å². The predicted molar refractivity (Wildman–Crippen MR) is 72.6 cm³/mol. The highest BCUT2D eigenvalue weighted by Gasteiger charge is 2.20. The molecule has 112 valence electrons. The van der Waals surface area contributed by atoms with E-state index in [1.165, 1.54) is 7.11 Å². The Morgan fingerprint density at radius 3 is 2.65 bits per heavy atom. The van der Waals surface area contributed by atoms with Gasteiger partial charge in [0.15, 0.2) is 0 Å². The van der Waals surface area contributed by atoms with Crippen LogP contribution in [0.5, 0.6) is 0 Å². The minimum absolute atomic E-state index is 0.0845. The van der Waals surface area contributed by atoms with Gasteiger partial charge in [0.1, 0.15) is 5.69 Å². The number of hydrogen-bond donors (Lipinski definition) is 3. The summed E-state index contributed by atoms with van der Waals surface area (Å²) in [5.41, 5.74) is 1.71. The number of nitrogen functional groups attached to an aromatic ring is 1. The standard InChI is InChI=1S/C10H16N4O5S/c1-7(19-2)6-12-20(17,18)8-3-4-10(14(15)16)9(5-8)13-11/h3-5,7,12-13H,6,11H2,1-2H3. The molecule has 0 saturated carbocycles. The van der Waals surface area contributed by atoms with E-state index in [1.807, 2.05) is 0 Å². The molecule has 0 amide bonds. The van der Waals surface area contributed by atoms with Gasteiger partial charge in [0.25, 0.3) is 5.69 Å². The number of nitrogens with one attached hydrogen (secondary N) is 2. The number of hydrazine groups is 1. The fraction of sp³-hybridized carbons (Fsp3) is 0.400. The van der Waals surface area contributed by atoms with Gasteiger partial charge in [-0.25, -0.2) is 13.1 Å². The molecule has 1 rings (SSSR count). The predicted octanol–water partition coefficient (Wildman–Crippen LogP) is 0.194. The van der Waals surface area contributed by atoms with E-state index in [-0.39, 0.29) is 28.9 Å². The Labute approximate surface area is 116 Å². The molecule has 0 aliphatic heterocycles. The van der Waals surface area contributed by atoms with Gasteiger partial charge < -0.3 is 10.2 Å². The fourth-order valence-corrected chi connectivity index (χ4v) is 2.49. The Morgan fingerprint density at radius 1 is 1.50 bits per heavy atom. The molecule has 9 nitrogen and oxygen atoms in total. The zero-order valence-corrected chi connectivity index (χ0v) is 11.8. The molecule has 0 aliphatic carbocycles. The fourth-order valence-electron chi connectivity index (χ4n) is 1.35. The number of ether oxygens (including phenoxy) is 1. The normalized spacial score (nSPS) is 12.9. The molecule has 1 atom stereocenters. The highest BCUT2D eigenvalue weighted by Crippen LogP contribution is 2.26. The molecule has 1 aromatic rings. The molecule has 0 aliphatic rings. The van der Waals surface area contributed by atoms with Gasteiger partial charge in [0, 0.05) is 19.7 Å². The van der Waals surface area contributed by atoms with Gasteiger partial charge in [-0.05, 0) is 19.1 Å². The lowest BCUT2D eigenvalue weighted by atomic mass is 10.3. The van der Waals surface area contributed by atoms with Crippen LogP contribution >= 0.6 is 0 Å². The van der Waals surface area contributed by atoms with Crippen molar-refractivity contribution < 1.29 is 18.1 Å². The molecule has 1 unspecified atom stereocenters. The third-order valence-corrected chi connectivity index (χ3v) is 4.01. The third-order valence-electron chi connectivity index (χ3n) is 2.59. The molecular weight excluding hydrogens is 288 g/mol. The van der Waals surface area contributed by atoms with Crippen LogP contribution in [0.3, 0.4) is 0 Å². The Kier molecular flexibility index (Phi) is 5.39. The van der Waals surface area contributed by atoms with Gasteiger partial charge in [-0.15, -0.1) is 0 Å². The smallest absolute Gasteiger partial charge is 0.293 e. The Balaban J connectivity index is 3.04. The first-order valence-electron chi connectivity index (χ1n) is 5.59. The SMILES string of the molecule is COC(C)CNS(=O)(=O)c1ccc([N+](=O)[O-])c(NN)c1. The number of nitro groups is 1. The summed E-state index contributed by atoms with van der Waals surface area (Å²) in [5, 5.41) is 10.7. The number of nitro benzene ring substituents is 1. The molecule has 20 heavy (non-hydrogen) atoms. The quantitative estimate of drug-likeness (QED) is 0.371. The minimum atomic E-state index is -3.79. The molecule has 0 saturated heterocycles. The maximum absolute atomic E-state index is 12.0. The highest BCUT2D eigenvalue weighted by molar-refractivity contribution is 7.89. The van der Waals surface area contributed by atoms with Gasteiger partial charge in [0.05, 0.1) is 15.9 Å². The summed E-state index contributed by atoms with van der Waals surface area (Å²) in [6.45, 7) is 1.78. The van der Waals surface area contributed by atoms with Crippen LogP contribution in [0, 0.1) is 10.1 Å². The summed E-state index contributed by atoms with van der Waals surface area (Å²) in [7, 11) is -2.33. The molecular formula is C10H16N4O5S. The van der Waals surface area contributed by atoms with Gasteiger partial charge in [0.2, 0.25) is 10.0 Å². The molecule has 0 aromatic heterocycles. The van der Waals surface area contributed by atoms with E-state index in [4.69, 9.17) is 10.6 Å². The number of anilines is 1. The van der Waals surface area contributed by atoms with Crippen molar-refractivity contribution in [2.45, 2.75) is 17.9 Å². The second-order valence-corrected chi connectivity index (χ2v) is 5.75. The number of hydrogen-bond acceptors (Lipinski definition) is 7. The maximum Gasteiger partial charge on any atom is 0.293 e. The molecule has 0 spiro atoms. The van der Waals surface area contributed by atoms with Crippen LogP contribution in [0.15, 0.2) is 23.1 Å². The summed E-state index contributed by atoms with van der Waals surface area (Å²) >= 11 is 0. The summed E-state index contributed by atoms with van der Waals surface area (Å²) in [4.78, 5) is 9.94. The maximum atomic E-state index is 12.0. The largest absolute Gasteiger partial charge is 0.380 e. The van der Waals surface area contributed by atoms with Crippen molar-refractivity contribution in [3.05, 3.63) is 28.3 Å². The second kappa shape index (κ2) is 6.61. The molecule has 1 aromatic carbocycles. The van der Waals surface area contributed by atoms with Gasteiger partial charge in [-0.3, -0.25) is 16.0 Å². The average Bonchev–Trinajstić information content (AvgIpc) is 2.43. The number of rotatable bonds is 7. The minimum Gasteiger partial charge on any atom is -0.380 e. The molecule has 0 bridgehead atoms. The van der Waals surface area contributed by atoms with Crippen LogP contribution in [-0.2, 0) is 14.8 Å². The Hall–Kier alpha value is -1.75. The van der Waals surface area contributed by atoms with Crippen molar-refractivity contribution >= 4 is 21.4 Å². The summed E-state index contributed by atoms with van der Waals surface area (Å²) in [5.74, 6) is 5.15. The van der Waals surface area contributed by atoms with Crippen molar-refractivity contribution in [3.8, 4) is 0 Å². The van der Waals surface area contributed by atoms with E-state index in [1.54, 1.807) is 6.92 Å². The van der Waals surface area contributed by atoms with Crippen LogP contribution in [0.4, 0.5) is 11.4 Å². The zero-order chi connectivity index (χ0) is 15.3. The van der Waals surface area contributed by atoms with Crippen molar-refractivity contribution in [2.24, 2.45) is 5.84 Å². The van der Waals surface area contributed by atoms with Gasteiger partial charge in [-0.2, -0.15) is 0 Å². The molecule has 10 heteroatoms. The molecule has 0 heterocycles. The highest BCUT2D eigenvalue weighted by atomic mass is 32.2. The lowest BCUT2D eigenvalue weighted by molar-refractivity contribution is -0.384. The summed E-state index contributed by atoms with van der Waals surface area (Å²) in [6.07, 6.45) is -0.296. The number of benzene rings is 1. The lowest BCUT2D eigenvalue weighted by Crippen LogP contribution is -2.31. The zero-order valence-electron chi connectivity index (χ0n) is 11.0. The topological polar surface area (TPSA) is 137 Å². The van der Waals surface area contributed by atoms with Crippen molar-refractivity contribution in [1.29, 1.82) is 0 Å². The van der Waals surface area contributed by atoms with E-state index >= 15 is 0 Å². The summed E-state index contributed by atoms with van der Waals surface area (Å²) < 4.78 is 31.3. The van der Waals surface area contributed by atoms with Gasteiger partial charge in [-0.1, -0.05) is 0 Å². The first-order valence-corrected chi connectivity index (χ1v) is 7.07. The van der Waals surface area contributed by atoms with Crippen molar-refractivity contribution in [3.63, 3.8) is 0 Å². The summed E-state index contributed by atoms with van der Waals surface area (Å²) in [6, 6.07) is 3.31. The van der Waals surface area contributed by atoms with Crippen LogP contribution < -0.4 is 16.0 Å². The molecule has 4 N–H and O–H groups in total. The second-order valence-electron chi connectivity index (χ2n) is 3.98. The molecule has 0 fully saturated rings. The van der Waals surface area contributed by atoms with E-state index in [0.717, 1.165) is 18.2 Å². The van der Waals surface area contributed by atoms with Crippen molar-refractivity contribution in [2.75, 3.05) is 19.1 Å².